The van der Waals surface area contributed by atoms with Crippen LogP contribution in [0.2, 0.25) is 0 Å². The third kappa shape index (κ3) is 4.24. The standard InChI is InChI=1S/C18H13F2NO3S/c19-12-6-5-11(9-13(12)20)15(22)10-24-18(23)8-7-17-21-14-3-1-2-4-16(14)25-17/h1-6,9H,7-8,10H2. The van der Waals surface area contributed by atoms with E-state index >= 15 is 0 Å². The first kappa shape index (κ1) is 17.2. The van der Waals surface area contributed by atoms with Gasteiger partial charge in [-0.1, -0.05) is 12.1 Å². The fourth-order valence-electron chi connectivity index (χ4n) is 2.21. The molecule has 7 heteroatoms. The first-order chi connectivity index (χ1) is 12.0. The van der Waals surface area contributed by atoms with E-state index in [-0.39, 0.29) is 12.0 Å². The average Bonchev–Trinajstić information content (AvgIpc) is 3.03. The van der Waals surface area contributed by atoms with Crippen molar-refractivity contribution in [3.05, 3.63) is 64.7 Å². The van der Waals surface area contributed by atoms with Crippen LogP contribution in [0.1, 0.15) is 21.8 Å². The smallest absolute Gasteiger partial charge is 0.306 e. The van der Waals surface area contributed by atoms with E-state index in [0.29, 0.717) is 6.42 Å². The van der Waals surface area contributed by atoms with Gasteiger partial charge in [-0.25, -0.2) is 13.8 Å². The van der Waals surface area contributed by atoms with Crippen molar-refractivity contribution in [1.82, 2.24) is 4.98 Å². The van der Waals surface area contributed by atoms with E-state index in [2.05, 4.69) is 4.98 Å². The van der Waals surface area contributed by atoms with Gasteiger partial charge in [0.1, 0.15) is 0 Å². The number of ketones is 1. The number of hydrogen-bond acceptors (Lipinski definition) is 5. The first-order valence-electron chi connectivity index (χ1n) is 7.51. The summed E-state index contributed by atoms with van der Waals surface area (Å²) in [6, 6.07) is 10.5. The molecule has 3 rings (SSSR count). The van der Waals surface area contributed by atoms with E-state index in [1.165, 1.54) is 11.3 Å². The van der Waals surface area contributed by atoms with Crippen molar-refractivity contribution in [3.63, 3.8) is 0 Å². The van der Waals surface area contributed by atoms with Gasteiger partial charge < -0.3 is 4.74 Å². The van der Waals surface area contributed by atoms with Crippen molar-refractivity contribution in [3.8, 4) is 0 Å². The number of carbonyl (C=O) groups excluding carboxylic acids is 2. The monoisotopic (exact) mass is 361 g/mol. The van der Waals surface area contributed by atoms with Crippen molar-refractivity contribution < 1.29 is 23.1 Å². The summed E-state index contributed by atoms with van der Waals surface area (Å²) in [7, 11) is 0. The summed E-state index contributed by atoms with van der Waals surface area (Å²) in [6.07, 6.45) is 0.502. The number of para-hydroxylation sites is 1. The number of nitrogens with zero attached hydrogens (tertiary/aromatic N) is 1. The molecule has 0 spiro atoms. The lowest BCUT2D eigenvalue weighted by Gasteiger charge is -2.04. The van der Waals surface area contributed by atoms with Gasteiger partial charge in [0.25, 0.3) is 0 Å². The van der Waals surface area contributed by atoms with Crippen LogP contribution in [-0.2, 0) is 16.0 Å². The van der Waals surface area contributed by atoms with E-state index in [0.717, 1.165) is 33.4 Å². The average molecular weight is 361 g/mol. The molecule has 0 N–H and O–H groups in total. The van der Waals surface area contributed by atoms with E-state index in [1.807, 2.05) is 24.3 Å². The van der Waals surface area contributed by atoms with Crippen LogP contribution < -0.4 is 0 Å². The number of carbonyl (C=O) groups is 2. The quantitative estimate of drug-likeness (QED) is 0.493. The van der Waals surface area contributed by atoms with Crippen LogP contribution in [0.15, 0.2) is 42.5 Å². The lowest BCUT2D eigenvalue weighted by Crippen LogP contribution is -2.14. The van der Waals surface area contributed by atoms with Crippen molar-refractivity contribution in [1.29, 1.82) is 0 Å². The lowest BCUT2D eigenvalue weighted by atomic mass is 10.1. The van der Waals surface area contributed by atoms with Crippen LogP contribution in [-0.4, -0.2) is 23.3 Å². The summed E-state index contributed by atoms with van der Waals surface area (Å²) in [6.45, 7) is -0.510. The Morgan fingerprint density at radius 3 is 2.64 bits per heavy atom. The number of hydrogen-bond donors (Lipinski definition) is 0. The normalized spacial score (nSPS) is 10.8. The number of esters is 1. The Balaban J connectivity index is 1.50. The number of benzene rings is 2. The minimum Gasteiger partial charge on any atom is -0.457 e. The zero-order valence-corrected chi connectivity index (χ0v) is 13.8. The zero-order chi connectivity index (χ0) is 17.8. The summed E-state index contributed by atoms with van der Waals surface area (Å²) in [4.78, 5) is 28.0. The van der Waals surface area contributed by atoms with Gasteiger partial charge >= 0.3 is 5.97 Å². The van der Waals surface area contributed by atoms with Crippen molar-refractivity contribution >= 4 is 33.3 Å². The third-order valence-corrected chi connectivity index (χ3v) is 4.58. The minimum absolute atomic E-state index is 0.0436. The Morgan fingerprint density at radius 2 is 1.88 bits per heavy atom. The van der Waals surface area contributed by atoms with Gasteiger partial charge in [-0.15, -0.1) is 11.3 Å². The molecule has 0 unspecified atom stereocenters. The molecule has 0 aliphatic heterocycles. The van der Waals surface area contributed by atoms with E-state index < -0.39 is 30.0 Å². The first-order valence-corrected chi connectivity index (χ1v) is 8.33. The molecule has 4 nitrogen and oxygen atoms in total. The highest BCUT2D eigenvalue weighted by atomic mass is 32.1. The molecule has 25 heavy (non-hydrogen) atoms. The second kappa shape index (κ2) is 7.48. The SMILES string of the molecule is O=C(CCc1nc2ccccc2s1)OCC(=O)c1ccc(F)c(F)c1. The van der Waals surface area contributed by atoms with Crippen molar-refractivity contribution in [2.75, 3.05) is 6.61 Å². The van der Waals surface area contributed by atoms with Crippen LogP contribution in [0.25, 0.3) is 10.2 Å². The lowest BCUT2D eigenvalue weighted by molar-refractivity contribution is -0.142. The predicted octanol–water partition coefficient (Wildman–Crippen LogP) is 3.93. The summed E-state index contributed by atoms with van der Waals surface area (Å²) in [5, 5.41) is 0.810. The summed E-state index contributed by atoms with van der Waals surface area (Å²) in [5.41, 5.74) is 0.835. The number of rotatable bonds is 6. The van der Waals surface area contributed by atoms with E-state index in [4.69, 9.17) is 4.74 Å². The molecule has 0 atom stereocenters. The maximum Gasteiger partial charge on any atom is 0.306 e. The highest BCUT2D eigenvalue weighted by molar-refractivity contribution is 7.18. The molecule has 1 aromatic heterocycles. The molecule has 0 saturated heterocycles. The van der Waals surface area contributed by atoms with Crippen molar-refractivity contribution in [2.24, 2.45) is 0 Å². The molecule has 0 radical (unpaired) electrons. The molecule has 0 amide bonds. The van der Waals surface area contributed by atoms with Crippen molar-refractivity contribution in [2.45, 2.75) is 12.8 Å². The van der Waals surface area contributed by atoms with Crippen LogP contribution >= 0.6 is 11.3 Å². The molecule has 0 aliphatic carbocycles. The number of fused-ring (bicyclic) bond motifs is 1. The fraction of sp³-hybridized carbons (Fsp3) is 0.167. The zero-order valence-electron chi connectivity index (χ0n) is 13.0. The van der Waals surface area contributed by atoms with E-state index in [9.17, 15) is 18.4 Å². The van der Waals surface area contributed by atoms with Gasteiger partial charge in [0.2, 0.25) is 0 Å². The van der Waals surface area contributed by atoms with Gasteiger partial charge in [-0.3, -0.25) is 9.59 Å². The number of thiazole rings is 1. The Bertz CT molecular complexity index is 906. The molecule has 1 heterocycles. The van der Waals surface area contributed by atoms with Gasteiger partial charge in [-0.05, 0) is 30.3 Å². The van der Waals surface area contributed by atoms with Gasteiger partial charge in [0, 0.05) is 12.0 Å². The second-order valence-corrected chi connectivity index (χ2v) is 6.40. The Morgan fingerprint density at radius 1 is 1.08 bits per heavy atom. The molecule has 0 aliphatic rings. The van der Waals surface area contributed by atoms with Crippen LogP contribution in [0.3, 0.4) is 0 Å². The van der Waals surface area contributed by atoms with Crippen LogP contribution in [0.4, 0.5) is 8.78 Å². The number of halogens is 2. The predicted molar refractivity (Wildman–Crippen MR) is 89.6 cm³/mol. The maximum atomic E-state index is 13.1. The maximum absolute atomic E-state index is 13.1. The van der Waals surface area contributed by atoms with Crippen LogP contribution in [0.5, 0.6) is 0 Å². The second-order valence-electron chi connectivity index (χ2n) is 5.29. The van der Waals surface area contributed by atoms with Crippen LogP contribution in [0, 0.1) is 11.6 Å². The van der Waals surface area contributed by atoms with Gasteiger partial charge in [0.15, 0.2) is 24.0 Å². The molecule has 2 aromatic carbocycles. The fourth-order valence-corrected chi connectivity index (χ4v) is 3.17. The highest BCUT2D eigenvalue weighted by Crippen LogP contribution is 2.22. The third-order valence-electron chi connectivity index (χ3n) is 3.49. The van der Waals surface area contributed by atoms with Gasteiger partial charge in [0.05, 0.1) is 21.6 Å². The molecule has 128 valence electrons. The Labute approximate surface area is 146 Å². The minimum atomic E-state index is -1.12. The summed E-state index contributed by atoms with van der Waals surface area (Å²) in [5.74, 6) is -3.29. The number of aryl methyl sites for hydroxylation is 1. The molecule has 0 fully saturated rings. The summed E-state index contributed by atoms with van der Waals surface area (Å²) >= 11 is 1.50. The number of Topliss-reactive ketones (excluding diaryl/α,β-unsaturated/α-hetero) is 1. The Kier molecular flexibility index (Phi) is 5.14. The highest BCUT2D eigenvalue weighted by Gasteiger charge is 2.13. The van der Waals surface area contributed by atoms with E-state index in [1.54, 1.807) is 0 Å². The largest absolute Gasteiger partial charge is 0.457 e. The number of ether oxygens (including phenoxy) is 1. The molecule has 0 saturated carbocycles. The number of aromatic nitrogens is 1. The summed E-state index contributed by atoms with van der Waals surface area (Å²) < 4.78 is 31.9. The van der Waals surface area contributed by atoms with Gasteiger partial charge in [-0.2, -0.15) is 0 Å². The topological polar surface area (TPSA) is 56.3 Å². The Hall–Kier alpha value is -2.67. The molecular weight excluding hydrogens is 348 g/mol. The molecule has 0 bridgehead atoms. The molecule has 3 aromatic rings. The molecular formula is C18H13F2NO3S.